The van der Waals surface area contributed by atoms with Gasteiger partial charge in [0.2, 0.25) is 0 Å². The zero-order chi connectivity index (χ0) is 4.41. The SMILES string of the molecule is CC1=BC=CC1. The van der Waals surface area contributed by atoms with Crippen LogP contribution in [0.3, 0.4) is 0 Å². The fourth-order valence-corrected chi connectivity index (χ4v) is 0.554. The van der Waals surface area contributed by atoms with E-state index in [1.807, 2.05) is 0 Å². The Morgan fingerprint density at radius 2 is 2.67 bits per heavy atom. The van der Waals surface area contributed by atoms with E-state index in [1.165, 1.54) is 11.9 Å². The van der Waals surface area contributed by atoms with Gasteiger partial charge in [0.1, 0.15) is 0 Å². The molecule has 0 fully saturated rings. The van der Waals surface area contributed by atoms with Gasteiger partial charge in [-0.2, -0.15) is 0 Å². The summed E-state index contributed by atoms with van der Waals surface area (Å²) in [6.45, 7) is 4.28. The van der Waals surface area contributed by atoms with Crippen molar-refractivity contribution in [3.63, 3.8) is 0 Å². The van der Waals surface area contributed by atoms with Crippen LogP contribution >= 0.6 is 0 Å². The summed E-state index contributed by atoms with van der Waals surface area (Å²) in [6, 6.07) is 0. The van der Waals surface area contributed by atoms with E-state index in [4.69, 9.17) is 0 Å². The van der Waals surface area contributed by atoms with Crippen molar-refractivity contribution in [3.8, 4) is 0 Å². The molecule has 0 N–H and O–H groups in total. The van der Waals surface area contributed by atoms with E-state index in [1.54, 1.807) is 0 Å². The molecule has 30 valence electrons. The average molecular weight is 77.9 g/mol. The van der Waals surface area contributed by atoms with Crippen molar-refractivity contribution in [2.75, 3.05) is 0 Å². The molecule has 6 heavy (non-hydrogen) atoms. The molecule has 0 spiro atoms. The average Bonchev–Trinajstić information content (AvgIpc) is 1.86. The molecule has 0 aromatic carbocycles. The summed E-state index contributed by atoms with van der Waals surface area (Å²) in [6.07, 6.45) is 3.33. The molecule has 1 aliphatic heterocycles. The predicted octanol–water partition coefficient (Wildman–Crippen LogP) is 0.800. The molecule has 1 aliphatic rings. The van der Waals surface area contributed by atoms with Crippen LogP contribution in [0.1, 0.15) is 13.3 Å². The predicted molar refractivity (Wildman–Crippen MR) is 30.2 cm³/mol. The van der Waals surface area contributed by atoms with Crippen molar-refractivity contribution in [3.05, 3.63) is 12.1 Å². The summed E-state index contributed by atoms with van der Waals surface area (Å²) in [5.41, 5.74) is 1.47. The Labute approximate surface area is 38.8 Å². The summed E-state index contributed by atoms with van der Waals surface area (Å²) in [5, 5.41) is 0. The molecule has 0 unspecified atom stereocenters. The molecule has 1 heteroatoms. The molecular formula is C5H7B. The summed E-state index contributed by atoms with van der Waals surface area (Å²) in [7, 11) is 0. The normalized spacial score (nSPS) is 17.2. The molecule has 0 nitrogen and oxygen atoms in total. The summed E-state index contributed by atoms with van der Waals surface area (Å²) < 4.78 is 0. The summed E-state index contributed by atoms with van der Waals surface area (Å²) in [5.74, 6) is 2.09. The monoisotopic (exact) mass is 78.1 g/mol. The van der Waals surface area contributed by atoms with E-state index in [9.17, 15) is 0 Å². The maximum absolute atomic E-state index is 2.16. The fourth-order valence-electron chi connectivity index (χ4n) is 0.554. The van der Waals surface area contributed by atoms with E-state index in [0.29, 0.717) is 0 Å². The Morgan fingerprint density at radius 1 is 1.83 bits per heavy atom. The third kappa shape index (κ3) is 0.590. The van der Waals surface area contributed by atoms with Crippen LogP contribution in [0.25, 0.3) is 0 Å². The van der Waals surface area contributed by atoms with Gasteiger partial charge in [-0.05, 0) is 0 Å². The van der Waals surface area contributed by atoms with E-state index in [-0.39, 0.29) is 0 Å². The van der Waals surface area contributed by atoms with Crippen molar-refractivity contribution in [1.82, 2.24) is 0 Å². The second-order valence-electron chi connectivity index (χ2n) is 1.65. The van der Waals surface area contributed by atoms with Gasteiger partial charge in [-0.15, -0.1) is 0 Å². The Balaban J connectivity index is 2.61. The molecule has 0 radical (unpaired) electrons. The molecule has 0 aromatic heterocycles. The van der Waals surface area contributed by atoms with Gasteiger partial charge in [0.05, 0.1) is 0 Å². The van der Waals surface area contributed by atoms with Crippen molar-refractivity contribution in [2.24, 2.45) is 0 Å². The molecule has 0 saturated carbocycles. The van der Waals surface area contributed by atoms with E-state index in [2.05, 4.69) is 25.9 Å². The molecule has 0 atom stereocenters. The standard InChI is InChI=1S/C5H7B/c1-5-3-2-4-6-5/h2,4H,3H2,1H3. The second kappa shape index (κ2) is 1.42. The van der Waals surface area contributed by atoms with Gasteiger partial charge in [-0.3, -0.25) is 0 Å². The molecule has 0 aliphatic carbocycles. The Kier molecular flexibility index (Phi) is 0.910. The van der Waals surface area contributed by atoms with Gasteiger partial charge in [0.25, 0.3) is 0 Å². The first-order valence-electron chi connectivity index (χ1n) is 2.22. The zero-order valence-corrected chi connectivity index (χ0v) is 3.94. The maximum atomic E-state index is 2.16. The Morgan fingerprint density at radius 3 is 2.83 bits per heavy atom. The Hall–Kier alpha value is -0.325. The van der Waals surface area contributed by atoms with E-state index >= 15 is 0 Å². The van der Waals surface area contributed by atoms with Crippen LogP contribution in [-0.4, -0.2) is 12.4 Å². The Bertz CT molecular complexity index is 101. The third-order valence-corrected chi connectivity index (χ3v) is 0.957. The van der Waals surface area contributed by atoms with Gasteiger partial charge in [-0.1, -0.05) is 0 Å². The van der Waals surface area contributed by atoms with Crippen molar-refractivity contribution in [2.45, 2.75) is 13.3 Å². The second-order valence-corrected chi connectivity index (χ2v) is 1.65. The molecular weight excluding hydrogens is 70.9 g/mol. The number of hydrogen-bond donors (Lipinski definition) is 0. The van der Waals surface area contributed by atoms with Gasteiger partial charge in [0, 0.05) is 0 Å². The topological polar surface area (TPSA) is 0 Å². The van der Waals surface area contributed by atoms with Crippen LogP contribution in [0, 0.1) is 0 Å². The van der Waals surface area contributed by atoms with Crippen LogP contribution in [0.4, 0.5) is 0 Å². The molecule has 1 heterocycles. The molecule has 1 rings (SSSR count). The zero-order valence-electron chi connectivity index (χ0n) is 3.94. The van der Waals surface area contributed by atoms with Gasteiger partial charge < -0.3 is 0 Å². The van der Waals surface area contributed by atoms with Crippen molar-refractivity contribution >= 4 is 12.4 Å². The third-order valence-electron chi connectivity index (χ3n) is 0.957. The van der Waals surface area contributed by atoms with Crippen LogP contribution < -0.4 is 0 Å². The number of hydrogen-bond acceptors (Lipinski definition) is 0. The van der Waals surface area contributed by atoms with Crippen LogP contribution in [0.5, 0.6) is 0 Å². The summed E-state index contributed by atoms with van der Waals surface area (Å²) >= 11 is 0. The van der Waals surface area contributed by atoms with Crippen LogP contribution in [-0.2, 0) is 0 Å². The van der Waals surface area contributed by atoms with Gasteiger partial charge in [-0.25, -0.2) is 0 Å². The minimum absolute atomic E-state index is 1.17. The number of allylic oxidation sites excluding steroid dienone is 1. The first-order chi connectivity index (χ1) is 2.89. The summed E-state index contributed by atoms with van der Waals surface area (Å²) in [4.78, 5) is 0. The molecule has 0 saturated heterocycles. The molecule has 0 amide bonds. The van der Waals surface area contributed by atoms with Crippen molar-refractivity contribution < 1.29 is 0 Å². The van der Waals surface area contributed by atoms with Gasteiger partial charge in [0.15, 0.2) is 0 Å². The fraction of sp³-hybridized carbons (Fsp3) is 0.400. The quantitative estimate of drug-likeness (QED) is 0.376. The van der Waals surface area contributed by atoms with E-state index < -0.39 is 0 Å². The van der Waals surface area contributed by atoms with Crippen LogP contribution in [0.15, 0.2) is 12.1 Å². The molecule has 0 aromatic rings. The van der Waals surface area contributed by atoms with E-state index in [0.717, 1.165) is 0 Å². The molecule has 0 bridgehead atoms. The van der Waals surface area contributed by atoms with Gasteiger partial charge >= 0.3 is 37.8 Å². The number of rotatable bonds is 0. The first-order valence-corrected chi connectivity index (χ1v) is 2.22. The minimum atomic E-state index is 1.17. The van der Waals surface area contributed by atoms with Crippen LogP contribution in [0.2, 0.25) is 0 Å². The first kappa shape index (κ1) is 3.85. The van der Waals surface area contributed by atoms with Crippen molar-refractivity contribution in [1.29, 1.82) is 0 Å².